The zero-order valence-electron chi connectivity index (χ0n) is 18.2. The normalized spacial score (nSPS) is 17.3. The molecule has 2 rings (SSSR count). The van der Waals surface area contributed by atoms with Crippen molar-refractivity contribution in [3.05, 3.63) is 5.82 Å². The lowest BCUT2D eigenvalue weighted by molar-refractivity contribution is -0.119. The van der Waals surface area contributed by atoms with Crippen molar-refractivity contribution in [1.29, 1.82) is 0 Å². The molecule has 1 aromatic rings. The van der Waals surface area contributed by atoms with Crippen LogP contribution >= 0.6 is 11.8 Å². The van der Waals surface area contributed by atoms with Crippen LogP contribution in [0.2, 0.25) is 0 Å². The van der Waals surface area contributed by atoms with Crippen LogP contribution in [0.25, 0.3) is 0 Å². The van der Waals surface area contributed by atoms with Crippen LogP contribution in [0.1, 0.15) is 89.9 Å². The van der Waals surface area contributed by atoms with Gasteiger partial charge < -0.3 is 9.88 Å². The van der Waals surface area contributed by atoms with Crippen molar-refractivity contribution in [2.45, 2.75) is 102 Å². The number of carbonyl (C=O) groups is 1. The standard InChI is InChI=1S/C21H39N5OS/c1-5-7-15-26-20(18(6-2)25(3)4)23-24-21(26)28-16-19(27)22-17-13-11-9-8-10-12-14-17/h17-18H,5-16H2,1-4H3,(H,22,27). The summed E-state index contributed by atoms with van der Waals surface area (Å²) in [4.78, 5) is 14.7. The molecule has 1 amide bonds. The molecule has 0 radical (unpaired) electrons. The lowest BCUT2D eigenvalue weighted by Crippen LogP contribution is -2.36. The minimum atomic E-state index is 0.127. The number of hydrogen-bond acceptors (Lipinski definition) is 5. The Morgan fingerprint density at radius 3 is 2.46 bits per heavy atom. The van der Waals surface area contributed by atoms with Gasteiger partial charge in [-0.15, -0.1) is 10.2 Å². The predicted octanol–water partition coefficient (Wildman–Crippen LogP) is 4.41. The van der Waals surface area contributed by atoms with Crippen molar-refractivity contribution >= 4 is 17.7 Å². The molecule has 1 heterocycles. The molecule has 6 nitrogen and oxygen atoms in total. The van der Waals surface area contributed by atoms with E-state index in [4.69, 9.17) is 0 Å². The van der Waals surface area contributed by atoms with Crippen molar-refractivity contribution in [3.8, 4) is 0 Å². The minimum Gasteiger partial charge on any atom is -0.353 e. The fraction of sp³-hybridized carbons (Fsp3) is 0.857. The maximum atomic E-state index is 12.5. The summed E-state index contributed by atoms with van der Waals surface area (Å²) in [5.41, 5.74) is 0. The summed E-state index contributed by atoms with van der Waals surface area (Å²) in [6.07, 6.45) is 11.9. The first-order valence-corrected chi connectivity index (χ1v) is 12.1. The largest absolute Gasteiger partial charge is 0.353 e. The average Bonchev–Trinajstić information content (AvgIpc) is 3.03. The first kappa shape index (κ1) is 23.2. The molecule has 0 bridgehead atoms. The summed E-state index contributed by atoms with van der Waals surface area (Å²) >= 11 is 1.52. The monoisotopic (exact) mass is 409 g/mol. The fourth-order valence-corrected chi connectivity index (χ4v) is 4.74. The molecular formula is C21H39N5OS. The van der Waals surface area contributed by atoms with Crippen molar-refractivity contribution in [3.63, 3.8) is 0 Å². The third-order valence-electron chi connectivity index (χ3n) is 5.59. The number of carbonyl (C=O) groups excluding carboxylic acids is 1. The van der Waals surface area contributed by atoms with Crippen LogP contribution in [0.4, 0.5) is 0 Å². The fourth-order valence-electron chi connectivity index (χ4n) is 3.96. The molecule has 0 spiro atoms. The summed E-state index contributed by atoms with van der Waals surface area (Å²) in [5, 5.41) is 13.1. The average molecular weight is 410 g/mol. The number of thioether (sulfide) groups is 1. The molecule has 160 valence electrons. The Morgan fingerprint density at radius 2 is 1.86 bits per heavy atom. The van der Waals surface area contributed by atoms with E-state index in [1.807, 2.05) is 0 Å². The first-order valence-electron chi connectivity index (χ1n) is 11.1. The smallest absolute Gasteiger partial charge is 0.230 e. The highest BCUT2D eigenvalue weighted by atomic mass is 32.2. The van der Waals surface area contributed by atoms with Gasteiger partial charge in [0.1, 0.15) is 0 Å². The summed E-state index contributed by atoms with van der Waals surface area (Å²) in [7, 11) is 4.17. The molecule has 1 N–H and O–H groups in total. The van der Waals surface area contributed by atoms with Crippen molar-refractivity contribution in [1.82, 2.24) is 25.0 Å². The Hall–Kier alpha value is -1.08. The summed E-state index contributed by atoms with van der Waals surface area (Å²) in [6, 6.07) is 0.600. The molecular weight excluding hydrogens is 370 g/mol. The van der Waals surface area contributed by atoms with Gasteiger partial charge in [0.25, 0.3) is 0 Å². The highest BCUT2D eigenvalue weighted by molar-refractivity contribution is 7.99. The van der Waals surface area contributed by atoms with Crippen molar-refractivity contribution in [2.24, 2.45) is 0 Å². The zero-order valence-corrected chi connectivity index (χ0v) is 19.1. The molecule has 1 aliphatic rings. The quantitative estimate of drug-likeness (QED) is 0.580. The molecule has 1 saturated carbocycles. The lowest BCUT2D eigenvalue weighted by Gasteiger charge is -2.23. The second-order valence-corrected chi connectivity index (χ2v) is 9.07. The number of hydrogen-bond donors (Lipinski definition) is 1. The Labute approximate surface area is 175 Å². The van der Waals surface area contributed by atoms with E-state index in [2.05, 4.69) is 52.9 Å². The molecule has 1 fully saturated rings. The van der Waals surface area contributed by atoms with Crippen LogP contribution in [0.5, 0.6) is 0 Å². The Balaban J connectivity index is 1.97. The second-order valence-electron chi connectivity index (χ2n) is 8.13. The van der Waals surface area contributed by atoms with E-state index in [9.17, 15) is 4.79 Å². The summed E-state index contributed by atoms with van der Waals surface area (Å²) in [5.74, 6) is 1.56. The third kappa shape index (κ3) is 7.07. The van der Waals surface area contributed by atoms with Gasteiger partial charge in [0, 0.05) is 12.6 Å². The van der Waals surface area contributed by atoms with E-state index in [-0.39, 0.29) is 11.9 Å². The SMILES string of the molecule is CCCCn1c(SCC(=O)NC2CCCCCCC2)nnc1C(CC)N(C)C. The molecule has 7 heteroatoms. The van der Waals surface area contributed by atoms with Crippen molar-refractivity contribution in [2.75, 3.05) is 19.8 Å². The lowest BCUT2D eigenvalue weighted by atomic mass is 9.97. The highest BCUT2D eigenvalue weighted by Crippen LogP contribution is 2.26. The maximum Gasteiger partial charge on any atom is 0.230 e. The van der Waals surface area contributed by atoms with Crippen LogP contribution in [-0.4, -0.2) is 51.5 Å². The number of rotatable bonds is 10. The van der Waals surface area contributed by atoms with Crippen LogP contribution in [-0.2, 0) is 11.3 Å². The van der Waals surface area contributed by atoms with Gasteiger partial charge in [-0.05, 0) is 39.8 Å². The number of nitrogens with one attached hydrogen (secondary N) is 1. The van der Waals surface area contributed by atoms with Crippen LogP contribution in [0.15, 0.2) is 5.16 Å². The second kappa shape index (κ2) is 12.5. The summed E-state index contributed by atoms with van der Waals surface area (Å²) < 4.78 is 2.23. The Morgan fingerprint density at radius 1 is 1.18 bits per heavy atom. The molecule has 0 aliphatic heterocycles. The van der Waals surface area contributed by atoms with Gasteiger partial charge in [-0.2, -0.15) is 0 Å². The van der Waals surface area contributed by atoms with Gasteiger partial charge >= 0.3 is 0 Å². The number of unbranched alkanes of at least 4 members (excludes halogenated alkanes) is 1. The molecule has 0 aromatic carbocycles. The van der Waals surface area contributed by atoms with E-state index < -0.39 is 0 Å². The van der Waals surface area contributed by atoms with Gasteiger partial charge in [0.05, 0.1) is 11.8 Å². The summed E-state index contributed by atoms with van der Waals surface area (Å²) in [6.45, 7) is 5.29. The molecule has 1 unspecified atom stereocenters. The predicted molar refractivity (Wildman–Crippen MR) is 117 cm³/mol. The molecule has 1 aliphatic carbocycles. The van der Waals surface area contributed by atoms with E-state index in [0.717, 1.165) is 49.6 Å². The van der Waals surface area contributed by atoms with E-state index in [0.29, 0.717) is 11.8 Å². The van der Waals surface area contributed by atoms with Gasteiger partial charge in [-0.3, -0.25) is 9.69 Å². The van der Waals surface area contributed by atoms with Gasteiger partial charge in [0.2, 0.25) is 5.91 Å². The van der Waals surface area contributed by atoms with E-state index in [1.54, 1.807) is 0 Å². The van der Waals surface area contributed by atoms with Crippen LogP contribution < -0.4 is 5.32 Å². The minimum absolute atomic E-state index is 0.127. The third-order valence-corrected chi connectivity index (χ3v) is 6.56. The number of aromatic nitrogens is 3. The molecule has 1 aromatic heterocycles. The van der Waals surface area contributed by atoms with Crippen LogP contribution in [0.3, 0.4) is 0 Å². The topological polar surface area (TPSA) is 63.1 Å². The molecule has 28 heavy (non-hydrogen) atoms. The highest BCUT2D eigenvalue weighted by Gasteiger charge is 2.22. The van der Waals surface area contributed by atoms with E-state index >= 15 is 0 Å². The maximum absolute atomic E-state index is 12.5. The van der Waals surface area contributed by atoms with Gasteiger partial charge in [-0.1, -0.05) is 64.1 Å². The Bertz CT molecular complexity index is 581. The number of nitrogens with zero attached hydrogens (tertiary/aromatic N) is 4. The number of amides is 1. The first-order chi connectivity index (χ1) is 13.6. The van der Waals surface area contributed by atoms with Crippen molar-refractivity contribution < 1.29 is 4.79 Å². The van der Waals surface area contributed by atoms with Gasteiger partial charge in [-0.25, -0.2) is 0 Å². The zero-order chi connectivity index (χ0) is 20.4. The Kier molecular flexibility index (Phi) is 10.3. The van der Waals surface area contributed by atoms with Crippen LogP contribution in [0, 0.1) is 0 Å². The molecule has 1 atom stereocenters. The van der Waals surface area contributed by atoms with Gasteiger partial charge in [0.15, 0.2) is 11.0 Å². The molecule has 0 saturated heterocycles. The van der Waals surface area contributed by atoms with E-state index in [1.165, 1.54) is 43.9 Å².